The van der Waals surface area contributed by atoms with Crippen molar-refractivity contribution in [2.24, 2.45) is 11.8 Å². The van der Waals surface area contributed by atoms with Gasteiger partial charge in [-0.2, -0.15) is 0 Å². The number of methoxy groups -OCH3 is 3. The highest BCUT2D eigenvalue weighted by molar-refractivity contribution is 5.86. The molecule has 5 rings (SSSR count). The number of aliphatic hydroxyl groups excluding tert-OH is 1. The van der Waals surface area contributed by atoms with Crippen LogP contribution in [0.4, 0.5) is 0 Å². The number of aromatic amines is 1. The number of hydrogen-bond donors (Lipinski definition) is 3. The van der Waals surface area contributed by atoms with Crippen molar-refractivity contribution in [1.29, 1.82) is 0 Å². The molecule has 33 heavy (non-hydrogen) atoms. The molecule has 3 heterocycles. The van der Waals surface area contributed by atoms with Crippen LogP contribution in [0, 0.1) is 11.8 Å². The summed E-state index contributed by atoms with van der Waals surface area (Å²) >= 11 is 0. The van der Waals surface area contributed by atoms with Gasteiger partial charge in [-0.1, -0.05) is 0 Å². The molecule has 6 atom stereocenters. The number of H-pyrrole nitrogens is 1. The van der Waals surface area contributed by atoms with E-state index in [1.807, 2.05) is 13.1 Å². The summed E-state index contributed by atoms with van der Waals surface area (Å²) in [6.07, 6.45) is 0.906. The van der Waals surface area contributed by atoms with E-state index in [1.165, 1.54) is 23.8 Å². The molecule has 2 aromatic rings. The van der Waals surface area contributed by atoms with Crippen LogP contribution in [0.25, 0.3) is 10.9 Å². The Morgan fingerprint density at radius 2 is 2.09 bits per heavy atom. The van der Waals surface area contributed by atoms with Crippen LogP contribution in [0.15, 0.2) is 18.2 Å². The third-order valence-corrected chi connectivity index (χ3v) is 8.77. The molecule has 8 heteroatoms. The van der Waals surface area contributed by atoms with Crippen molar-refractivity contribution < 1.29 is 24.1 Å². The summed E-state index contributed by atoms with van der Waals surface area (Å²) in [6, 6.07) is 6.20. The molecule has 180 valence electrons. The van der Waals surface area contributed by atoms with Gasteiger partial charge in [0.25, 0.3) is 0 Å². The van der Waals surface area contributed by atoms with Crippen molar-refractivity contribution in [3.63, 3.8) is 0 Å². The minimum atomic E-state index is -0.712. The summed E-state index contributed by atoms with van der Waals surface area (Å²) in [5.74, 6) is -0.0324. The molecule has 6 unspecified atom stereocenters. The number of hydrogen-bond acceptors (Lipinski definition) is 7. The van der Waals surface area contributed by atoms with E-state index in [0.717, 1.165) is 30.8 Å². The first-order valence-electron chi connectivity index (χ1n) is 11.7. The van der Waals surface area contributed by atoms with E-state index in [1.54, 1.807) is 14.2 Å². The van der Waals surface area contributed by atoms with E-state index < -0.39 is 23.7 Å². The molecule has 8 nitrogen and oxygen atoms in total. The van der Waals surface area contributed by atoms with Gasteiger partial charge in [-0.05, 0) is 56.8 Å². The van der Waals surface area contributed by atoms with E-state index in [-0.39, 0.29) is 17.4 Å². The molecule has 0 radical (unpaired) electrons. The molecule has 1 aromatic carbocycles. The first-order valence-corrected chi connectivity index (χ1v) is 11.7. The summed E-state index contributed by atoms with van der Waals surface area (Å²) in [5.41, 5.74) is 2.73. The number of rotatable bonds is 4. The normalized spacial score (nSPS) is 36.1. The van der Waals surface area contributed by atoms with Crippen molar-refractivity contribution in [2.45, 2.75) is 49.5 Å². The quantitative estimate of drug-likeness (QED) is 0.603. The van der Waals surface area contributed by atoms with Gasteiger partial charge in [-0.25, -0.2) is 0 Å². The van der Waals surface area contributed by atoms with Crippen molar-refractivity contribution in [2.75, 3.05) is 41.5 Å². The first-order chi connectivity index (χ1) is 15.8. The molecule has 1 saturated carbocycles. The zero-order valence-corrected chi connectivity index (χ0v) is 20.1. The first kappa shape index (κ1) is 22.7. The number of benzene rings is 1. The second-order valence-electron chi connectivity index (χ2n) is 10.0. The fraction of sp³-hybridized carbons (Fsp3) is 0.640. The number of piperidine rings is 1. The highest BCUT2D eigenvalue weighted by Gasteiger charge is 2.64. The van der Waals surface area contributed by atoms with Gasteiger partial charge in [0.05, 0.1) is 32.0 Å². The lowest BCUT2D eigenvalue weighted by atomic mass is 9.56. The fourth-order valence-corrected chi connectivity index (χ4v) is 7.17. The molecule has 1 aromatic heterocycles. The summed E-state index contributed by atoms with van der Waals surface area (Å²) in [4.78, 5) is 19.4. The van der Waals surface area contributed by atoms with E-state index in [4.69, 9.17) is 14.2 Å². The Morgan fingerprint density at radius 1 is 1.30 bits per heavy atom. The Hall–Kier alpha value is -2.13. The largest absolute Gasteiger partial charge is 0.497 e. The van der Waals surface area contributed by atoms with Crippen molar-refractivity contribution in [3.05, 3.63) is 29.5 Å². The minimum Gasteiger partial charge on any atom is -0.497 e. The Balaban J connectivity index is 1.65. The Labute approximate surface area is 194 Å². The highest BCUT2D eigenvalue weighted by atomic mass is 16.5. The number of nitrogens with one attached hydrogen (secondary N) is 2. The van der Waals surface area contributed by atoms with Crippen LogP contribution < -0.4 is 10.1 Å². The number of ether oxygens (including phenoxy) is 3. The van der Waals surface area contributed by atoms with Crippen LogP contribution >= 0.6 is 0 Å². The van der Waals surface area contributed by atoms with Crippen LogP contribution in [0.5, 0.6) is 5.75 Å². The third-order valence-electron chi connectivity index (χ3n) is 8.77. The van der Waals surface area contributed by atoms with E-state index >= 15 is 0 Å². The average Bonchev–Trinajstić information content (AvgIpc) is 3.20. The topological polar surface area (TPSA) is 96.0 Å². The molecular weight excluding hydrogens is 422 g/mol. The SMILES string of the molecule is CNC12CC3(C)c4[nH]c5cc(OC)ccc5c4CCN3CC1CC(O)C(OC)C2C(=O)OC. The number of carbonyl (C=O) groups is 1. The van der Waals surface area contributed by atoms with Crippen LogP contribution in [0.3, 0.4) is 0 Å². The monoisotopic (exact) mass is 457 g/mol. The summed E-state index contributed by atoms with van der Waals surface area (Å²) < 4.78 is 16.4. The molecular formula is C25H35N3O5. The molecule has 0 amide bonds. The van der Waals surface area contributed by atoms with Gasteiger partial charge in [0.15, 0.2) is 0 Å². The zero-order chi connectivity index (χ0) is 23.5. The number of carbonyl (C=O) groups excluding carboxylic acids is 1. The molecule has 3 N–H and O–H groups in total. The zero-order valence-electron chi connectivity index (χ0n) is 20.1. The lowest BCUT2D eigenvalue weighted by Gasteiger charge is -2.63. The molecule has 2 aliphatic heterocycles. The summed E-state index contributed by atoms with van der Waals surface area (Å²) in [6.45, 7) is 4.00. The lowest BCUT2D eigenvalue weighted by Crippen LogP contribution is -2.75. The standard InChI is InChI=1S/C25H35N3O5/c1-24-13-25(26-2)14(10-19(29)21(32-4)20(25)23(30)33-5)12-28(24)9-8-17-16-7-6-15(31-3)11-18(16)27-22(17)24/h6-7,11,14,19-21,26-27,29H,8-10,12-13H2,1-5H3. The van der Waals surface area contributed by atoms with Crippen molar-refractivity contribution in [3.8, 4) is 5.75 Å². The van der Waals surface area contributed by atoms with Crippen LogP contribution in [-0.4, -0.2) is 80.2 Å². The molecule has 0 bridgehead atoms. The van der Waals surface area contributed by atoms with Gasteiger partial charge in [-0.3, -0.25) is 9.69 Å². The van der Waals surface area contributed by atoms with Gasteiger partial charge >= 0.3 is 5.97 Å². The second-order valence-corrected chi connectivity index (χ2v) is 10.0. The number of nitrogens with zero attached hydrogens (tertiary/aromatic N) is 1. The molecule has 1 aliphatic carbocycles. The summed E-state index contributed by atoms with van der Waals surface area (Å²) in [5, 5.41) is 15.7. The second kappa shape index (κ2) is 7.98. The van der Waals surface area contributed by atoms with Gasteiger partial charge in [0.2, 0.25) is 0 Å². The predicted octanol–water partition coefficient (Wildman–Crippen LogP) is 1.80. The van der Waals surface area contributed by atoms with Gasteiger partial charge in [0.1, 0.15) is 11.7 Å². The Kier molecular flexibility index (Phi) is 5.47. The van der Waals surface area contributed by atoms with Gasteiger partial charge in [0, 0.05) is 48.4 Å². The van der Waals surface area contributed by atoms with Crippen molar-refractivity contribution >= 4 is 16.9 Å². The number of fused-ring (bicyclic) bond motifs is 6. The highest BCUT2D eigenvalue weighted by Crippen LogP contribution is 2.54. The molecule has 0 spiro atoms. The molecule has 2 fully saturated rings. The van der Waals surface area contributed by atoms with Crippen LogP contribution in [-0.2, 0) is 26.2 Å². The maximum absolute atomic E-state index is 13.1. The van der Waals surface area contributed by atoms with Gasteiger partial charge < -0.3 is 29.6 Å². The maximum Gasteiger partial charge on any atom is 0.313 e. The average molecular weight is 458 g/mol. The Bertz CT molecular complexity index is 1070. The Morgan fingerprint density at radius 3 is 2.76 bits per heavy atom. The fourth-order valence-electron chi connectivity index (χ4n) is 7.17. The van der Waals surface area contributed by atoms with E-state index in [0.29, 0.717) is 12.8 Å². The number of esters is 1. The number of aromatic nitrogens is 1. The lowest BCUT2D eigenvalue weighted by molar-refractivity contribution is -0.190. The maximum atomic E-state index is 13.1. The van der Waals surface area contributed by atoms with Gasteiger partial charge in [-0.15, -0.1) is 0 Å². The molecule has 1 saturated heterocycles. The summed E-state index contributed by atoms with van der Waals surface area (Å²) in [7, 11) is 6.58. The molecule has 3 aliphatic rings. The van der Waals surface area contributed by atoms with Crippen LogP contribution in [0.2, 0.25) is 0 Å². The number of aliphatic hydroxyl groups is 1. The van der Waals surface area contributed by atoms with E-state index in [9.17, 15) is 9.90 Å². The van der Waals surface area contributed by atoms with E-state index in [2.05, 4.69) is 34.3 Å². The predicted molar refractivity (Wildman–Crippen MR) is 124 cm³/mol. The van der Waals surface area contributed by atoms with Crippen molar-refractivity contribution in [1.82, 2.24) is 15.2 Å². The third kappa shape index (κ3) is 3.07. The minimum absolute atomic E-state index is 0.0899. The smallest absolute Gasteiger partial charge is 0.313 e. The van der Waals surface area contributed by atoms with Crippen LogP contribution in [0.1, 0.15) is 31.0 Å².